The fourth-order valence-electron chi connectivity index (χ4n) is 2.89. The Kier molecular flexibility index (Phi) is 4.99. The van der Waals surface area contributed by atoms with Crippen molar-refractivity contribution >= 4 is 12.0 Å². The van der Waals surface area contributed by atoms with Crippen LogP contribution in [0.15, 0.2) is 6.08 Å². The van der Waals surface area contributed by atoms with Crippen LogP contribution in [0, 0.1) is 19.8 Å². The van der Waals surface area contributed by atoms with Crippen LogP contribution in [-0.4, -0.2) is 22.2 Å². The number of aromatic nitrogens is 2. The Balaban J connectivity index is 1.85. The summed E-state index contributed by atoms with van der Waals surface area (Å²) in [6, 6.07) is 0. The molecule has 4 nitrogen and oxygen atoms in total. The number of amides is 1. The normalized spacial score (nSPS) is 16.8. The van der Waals surface area contributed by atoms with E-state index in [-0.39, 0.29) is 5.91 Å². The minimum absolute atomic E-state index is 0.00164. The molecule has 0 atom stereocenters. The lowest BCUT2D eigenvalue weighted by atomic mass is 9.89. The van der Waals surface area contributed by atoms with E-state index in [9.17, 15) is 4.79 Å². The average Bonchev–Trinajstić information content (AvgIpc) is 2.69. The third-order valence-corrected chi connectivity index (χ3v) is 4.26. The highest BCUT2D eigenvalue weighted by Gasteiger charge is 2.13. The van der Waals surface area contributed by atoms with E-state index in [4.69, 9.17) is 0 Å². The molecule has 1 heterocycles. The lowest BCUT2D eigenvalue weighted by Gasteiger charge is -2.21. The summed E-state index contributed by atoms with van der Waals surface area (Å²) in [5.41, 5.74) is 3.08. The van der Waals surface area contributed by atoms with Crippen molar-refractivity contribution in [2.45, 2.75) is 46.0 Å². The van der Waals surface area contributed by atoms with Gasteiger partial charge in [-0.2, -0.15) is 5.10 Å². The summed E-state index contributed by atoms with van der Waals surface area (Å²) >= 11 is 0. The first kappa shape index (κ1) is 14.8. The molecule has 1 aliphatic rings. The topological polar surface area (TPSA) is 46.9 Å². The van der Waals surface area contributed by atoms with Gasteiger partial charge >= 0.3 is 0 Å². The summed E-state index contributed by atoms with van der Waals surface area (Å²) < 4.78 is 1.84. The fraction of sp³-hybridized carbons (Fsp3) is 0.625. The van der Waals surface area contributed by atoms with Gasteiger partial charge in [0, 0.05) is 30.9 Å². The van der Waals surface area contributed by atoms with E-state index in [0.717, 1.165) is 23.5 Å². The van der Waals surface area contributed by atoms with Gasteiger partial charge in [0.25, 0.3) is 0 Å². The molecule has 0 spiro atoms. The smallest absolute Gasteiger partial charge is 0.244 e. The molecule has 1 aromatic heterocycles. The Morgan fingerprint density at radius 3 is 2.65 bits per heavy atom. The summed E-state index contributed by atoms with van der Waals surface area (Å²) in [5, 5.41) is 7.36. The third-order valence-electron chi connectivity index (χ3n) is 4.26. The second kappa shape index (κ2) is 6.73. The number of hydrogen-bond acceptors (Lipinski definition) is 2. The molecule has 2 rings (SSSR count). The second-order valence-electron chi connectivity index (χ2n) is 5.79. The molecule has 1 aliphatic carbocycles. The molecule has 0 bridgehead atoms. The Bertz CT molecular complexity index is 496. The van der Waals surface area contributed by atoms with Gasteiger partial charge in [-0.05, 0) is 38.7 Å². The van der Waals surface area contributed by atoms with E-state index in [0.29, 0.717) is 5.92 Å². The number of rotatable bonds is 4. The molecule has 0 unspecified atom stereocenters. The molecule has 110 valence electrons. The van der Waals surface area contributed by atoms with Crippen molar-refractivity contribution < 1.29 is 4.79 Å². The number of aryl methyl sites for hydroxylation is 2. The number of nitrogens with zero attached hydrogens (tertiary/aromatic N) is 2. The molecule has 0 aromatic carbocycles. The number of carbonyl (C=O) groups excluding carboxylic acids is 1. The second-order valence-corrected chi connectivity index (χ2v) is 5.79. The van der Waals surface area contributed by atoms with Crippen molar-refractivity contribution in [3.8, 4) is 0 Å². The summed E-state index contributed by atoms with van der Waals surface area (Å²) in [6.45, 7) is 4.79. The maximum Gasteiger partial charge on any atom is 0.244 e. The first-order valence-corrected chi connectivity index (χ1v) is 7.54. The van der Waals surface area contributed by atoms with Crippen LogP contribution in [0.2, 0.25) is 0 Å². The van der Waals surface area contributed by atoms with E-state index >= 15 is 0 Å². The minimum atomic E-state index is -0.00164. The van der Waals surface area contributed by atoms with Crippen LogP contribution in [0.25, 0.3) is 6.08 Å². The largest absolute Gasteiger partial charge is 0.352 e. The fourth-order valence-corrected chi connectivity index (χ4v) is 2.89. The molecular formula is C16H25N3O. The van der Waals surface area contributed by atoms with Crippen LogP contribution in [-0.2, 0) is 11.8 Å². The van der Waals surface area contributed by atoms with Gasteiger partial charge < -0.3 is 5.32 Å². The zero-order valence-electron chi connectivity index (χ0n) is 12.8. The highest BCUT2D eigenvalue weighted by molar-refractivity contribution is 5.91. The number of carbonyl (C=O) groups is 1. The first-order chi connectivity index (χ1) is 9.58. The lowest BCUT2D eigenvalue weighted by molar-refractivity contribution is -0.116. The maximum absolute atomic E-state index is 11.9. The lowest BCUT2D eigenvalue weighted by Crippen LogP contribution is -2.28. The SMILES string of the molecule is Cc1nn(C)c(C)c1/C=C/C(=O)NCC1CCCCC1. The van der Waals surface area contributed by atoms with Crippen molar-refractivity contribution in [1.29, 1.82) is 0 Å². The van der Waals surface area contributed by atoms with Crippen LogP contribution in [0.3, 0.4) is 0 Å². The van der Waals surface area contributed by atoms with Crippen molar-refractivity contribution in [2.75, 3.05) is 6.54 Å². The molecule has 4 heteroatoms. The van der Waals surface area contributed by atoms with Gasteiger partial charge in [-0.3, -0.25) is 9.48 Å². The van der Waals surface area contributed by atoms with Crippen molar-refractivity contribution in [1.82, 2.24) is 15.1 Å². The summed E-state index contributed by atoms with van der Waals surface area (Å²) in [6.07, 6.45) is 9.97. The van der Waals surface area contributed by atoms with Gasteiger partial charge in [-0.25, -0.2) is 0 Å². The van der Waals surface area contributed by atoms with Gasteiger partial charge in [0.2, 0.25) is 5.91 Å². The van der Waals surface area contributed by atoms with Crippen molar-refractivity contribution in [3.05, 3.63) is 23.0 Å². The Morgan fingerprint density at radius 1 is 1.35 bits per heavy atom. The zero-order chi connectivity index (χ0) is 14.5. The number of nitrogens with one attached hydrogen (secondary N) is 1. The molecule has 1 amide bonds. The molecule has 0 aliphatic heterocycles. The van der Waals surface area contributed by atoms with E-state index in [1.165, 1.54) is 32.1 Å². The van der Waals surface area contributed by atoms with Crippen molar-refractivity contribution in [2.24, 2.45) is 13.0 Å². The summed E-state index contributed by atoms with van der Waals surface area (Å²) in [5.74, 6) is 0.668. The highest BCUT2D eigenvalue weighted by atomic mass is 16.1. The molecule has 1 aromatic rings. The maximum atomic E-state index is 11.9. The quantitative estimate of drug-likeness (QED) is 0.859. The molecule has 1 saturated carbocycles. The molecule has 20 heavy (non-hydrogen) atoms. The Labute approximate surface area is 121 Å². The Morgan fingerprint density at radius 2 is 2.05 bits per heavy atom. The molecular weight excluding hydrogens is 250 g/mol. The molecule has 0 radical (unpaired) electrons. The predicted octanol–water partition coefficient (Wildman–Crippen LogP) is 2.75. The van der Waals surface area contributed by atoms with Crippen LogP contribution in [0.5, 0.6) is 0 Å². The van der Waals surface area contributed by atoms with Gasteiger partial charge in [-0.15, -0.1) is 0 Å². The number of hydrogen-bond donors (Lipinski definition) is 1. The molecule has 1 N–H and O–H groups in total. The predicted molar refractivity (Wildman–Crippen MR) is 81.3 cm³/mol. The van der Waals surface area contributed by atoms with E-state index in [1.807, 2.05) is 31.7 Å². The summed E-state index contributed by atoms with van der Waals surface area (Å²) in [4.78, 5) is 11.9. The van der Waals surface area contributed by atoms with E-state index in [2.05, 4.69) is 10.4 Å². The van der Waals surface area contributed by atoms with Crippen LogP contribution < -0.4 is 5.32 Å². The van der Waals surface area contributed by atoms with Gasteiger partial charge in [-0.1, -0.05) is 19.3 Å². The summed E-state index contributed by atoms with van der Waals surface area (Å²) in [7, 11) is 1.92. The molecule has 0 saturated heterocycles. The van der Waals surface area contributed by atoms with Crippen LogP contribution in [0.4, 0.5) is 0 Å². The van der Waals surface area contributed by atoms with Gasteiger partial charge in [0.05, 0.1) is 5.69 Å². The average molecular weight is 275 g/mol. The van der Waals surface area contributed by atoms with E-state index < -0.39 is 0 Å². The Hall–Kier alpha value is -1.58. The van der Waals surface area contributed by atoms with Crippen LogP contribution >= 0.6 is 0 Å². The third kappa shape index (κ3) is 3.71. The van der Waals surface area contributed by atoms with Gasteiger partial charge in [0.1, 0.15) is 0 Å². The van der Waals surface area contributed by atoms with Gasteiger partial charge in [0.15, 0.2) is 0 Å². The monoisotopic (exact) mass is 275 g/mol. The first-order valence-electron chi connectivity index (χ1n) is 7.54. The molecule has 1 fully saturated rings. The van der Waals surface area contributed by atoms with Crippen LogP contribution in [0.1, 0.15) is 49.1 Å². The van der Waals surface area contributed by atoms with Crippen molar-refractivity contribution in [3.63, 3.8) is 0 Å². The highest BCUT2D eigenvalue weighted by Crippen LogP contribution is 2.22. The zero-order valence-corrected chi connectivity index (χ0v) is 12.8. The standard InChI is InChI=1S/C16H25N3O/c1-12-15(13(2)19(3)18-12)9-10-16(20)17-11-14-7-5-4-6-8-14/h9-10,14H,4-8,11H2,1-3H3,(H,17,20)/b10-9+. The minimum Gasteiger partial charge on any atom is -0.352 e. The van der Waals surface area contributed by atoms with E-state index in [1.54, 1.807) is 6.08 Å².